The van der Waals surface area contributed by atoms with Crippen molar-refractivity contribution in [1.82, 2.24) is 5.32 Å². The van der Waals surface area contributed by atoms with E-state index in [-0.39, 0.29) is 11.9 Å². The molecule has 0 aliphatic rings. The topological polar surface area (TPSA) is 55.1 Å². The molecule has 3 N–H and O–H groups in total. The number of nitrogens with two attached hydrogens (primary N) is 1. The van der Waals surface area contributed by atoms with Crippen molar-refractivity contribution in [2.75, 3.05) is 5.73 Å². The van der Waals surface area contributed by atoms with E-state index in [0.29, 0.717) is 17.1 Å². The fraction of sp³-hybridized carbons (Fsp3) is 0.188. The number of hydrogen-bond donors (Lipinski definition) is 2. The monoisotopic (exact) mass is 288 g/mol. The summed E-state index contributed by atoms with van der Waals surface area (Å²) in [5.41, 5.74) is 8.16. The van der Waals surface area contributed by atoms with Crippen molar-refractivity contribution in [3.05, 3.63) is 64.7 Å². The van der Waals surface area contributed by atoms with Crippen LogP contribution in [0.2, 0.25) is 5.02 Å². The van der Waals surface area contributed by atoms with Crippen LogP contribution < -0.4 is 11.1 Å². The third kappa shape index (κ3) is 3.75. The minimum Gasteiger partial charge on any atom is -0.399 e. The number of anilines is 1. The second kappa shape index (κ2) is 6.44. The zero-order valence-electron chi connectivity index (χ0n) is 11.3. The van der Waals surface area contributed by atoms with Crippen LogP contribution in [0.15, 0.2) is 48.5 Å². The number of halogens is 1. The molecule has 104 valence electrons. The summed E-state index contributed by atoms with van der Waals surface area (Å²) in [6.07, 6.45) is 0.328. The molecule has 0 saturated carbocycles. The molecule has 2 rings (SSSR count). The Balaban J connectivity index is 1.98. The highest BCUT2D eigenvalue weighted by molar-refractivity contribution is 6.31. The van der Waals surface area contributed by atoms with Crippen molar-refractivity contribution >= 4 is 23.2 Å². The molecule has 0 aliphatic heterocycles. The molecule has 2 aromatic carbocycles. The van der Waals surface area contributed by atoms with Gasteiger partial charge in [-0.05, 0) is 36.2 Å². The first-order valence-electron chi connectivity index (χ1n) is 6.44. The summed E-state index contributed by atoms with van der Waals surface area (Å²) in [5, 5.41) is 3.61. The van der Waals surface area contributed by atoms with Crippen molar-refractivity contribution < 1.29 is 4.79 Å². The molecule has 0 aliphatic carbocycles. The minimum absolute atomic E-state index is 0.0396. The fourth-order valence-electron chi connectivity index (χ4n) is 2.02. The average Bonchev–Trinajstić information content (AvgIpc) is 2.41. The first-order chi connectivity index (χ1) is 9.56. The Bertz CT molecular complexity index is 596. The molecule has 20 heavy (non-hydrogen) atoms. The van der Waals surface area contributed by atoms with Crippen LogP contribution in [0.1, 0.15) is 24.1 Å². The van der Waals surface area contributed by atoms with Gasteiger partial charge in [-0.15, -0.1) is 0 Å². The zero-order chi connectivity index (χ0) is 14.5. The van der Waals surface area contributed by atoms with Crippen LogP contribution in [0.5, 0.6) is 0 Å². The van der Waals surface area contributed by atoms with Gasteiger partial charge >= 0.3 is 0 Å². The number of nitrogen functional groups attached to an aromatic ring is 1. The molecular weight excluding hydrogens is 272 g/mol. The lowest BCUT2D eigenvalue weighted by Gasteiger charge is -2.15. The maximum absolute atomic E-state index is 12.0. The van der Waals surface area contributed by atoms with Gasteiger partial charge in [0.05, 0.1) is 12.5 Å². The first-order valence-corrected chi connectivity index (χ1v) is 6.82. The van der Waals surface area contributed by atoms with Crippen LogP contribution in [0.3, 0.4) is 0 Å². The molecule has 0 spiro atoms. The lowest BCUT2D eigenvalue weighted by atomic mass is 10.1. The van der Waals surface area contributed by atoms with Crippen LogP contribution in [-0.2, 0) is 11.2 Å². The SMILES string of the molecule is C[C@H](NC(=O)Cc1ccc(N)cc1)c1ccccc1Cl. The summed E-state index contributed by atoms with van der Waals surface area (Å²) < 4.78 is 0. The summed E-state index contributed by atoms with van der Waals surface area (Å²) >= 11 is 6.11. The highest BCUT2D eigenvalue weighted by Gasteiger charge is 2.12. The first kappa shape index (κ1) is 14.4. The summed E-state index contributed by atoms with van der Waals surface area (Å²) in [7, 11) is 0. The highest BCUT2D eigenvalue weighted by atomic mass is 35.5. The molecule has 4 heteroatoms. The lowest BCUT2D eigenvalue weighted by Crippen LogP contribution is -2.28. The Morgan fingerprint density at radius 2 is 1.85 bits per heavy atom. The largest absolute Gasteiger partial charge is 0.399 e. The number of rotatable bonds is 4. The molecule has 0 radical (unpaired) electrons. The zero-order valence-corrected chi connectivity index (χ0v) is 12.0. The maximum Gasteiger partial charge on any atom is 0.224 e. The average molecular weight is 289 g/mol. The molecule has 0 heterocycles. The van der Waals surface area contributed by atoms with Crippen LogP contribution in [0.25, 0.3) is 0 Å². The summed E-state index contributed by atoms with van der Waals surface area (Å²) in [5.74, 6) is -0.0396. The second-order valence-corrected chi connectivity index (χ2v) is 5.14. The van der Waals surface area contributed by atoms with Crippen molar-refractivity contribution in [2.45, 2.75) is 19.4 Å². The van der Waals surface area contributed by atoms with Gasteiger partial charge in [0.15, 0.2) is 0 Å². The van der Waals surface area contributed by atoms with Gasteiger partial charge in [-0.2, -0.15) is 0 Å². The van der Waals surface area contributed by atoms with Gasteiger partial charge < -0.3 is 11.1 Å². The molecular formula is C16H17ClN2O. The van der Waals surface area contributed by atoms with Crippen molar-refractivity contribution in [3.63, 3.8) is 0 Å². The number of amides is 1. The van der Waals surface area contributed by atoms with E-state index in [1.165, 1.54) is 0 Å². The highest BCUT2D eigenvalue weighted by Crippen LogP contribution is 2.22. The summed E-state index contributed by atoms with van der Waals surface area (Å²) in [6.45, 7) is 1.92. The molecule has 1 amide bonds. The molecule has 0 saturated heterocycles. The Kier molecular flexibility index (Phi) is 4.64. The quantitative estimate of drug-likeness (QED) is 0.848. The van der Waals surface area contributed by atoms with Gasteiger partial charge in [-0.3, -0.25) is 4.79 Å². The van der Waals surface area contributed by atoms with E-state index in [1.54, 1.807) is 12.1 Å². The predicted octanol–water partition coefficient (Wildman–Crippen LogP) is 3.34. The van der Waals surface area contributed by atoms with E-state index < -0.39 is 0 Å². The maximum atomic E-state index is 12.0. The number of nitrogens with one attached hydrogen (secondary N) is 1. The molecule has 0 unspecified atom stereocenters. The van der Waals surface area contributed by atoms with Gasteiger partial charge in [0, 0.05) is 10.7 Å². The summed E-state index contributed by atoms with van der Waals surface area (Å²) in [4.78, 5) is 12.0. The fourth-order valence-corrected chi connectivity index (χ4v) is 2.32. The number of hydrogen-bond acceptors (Lipinski definition) is 2. The molecule has 0 bridgehead atoms. The van der Waals surface area contributed by atoms with E-state index in [0.717, 1.165) is 11.1 Å². The minimum atomic E-state index is -0.120. The van der Waals surface area contributed by atoms with Crippen molar-refractivity contribution in [3.8, 4) is 0 Å². The van der Waals surface area contributed by atoms with Gasteiger partial charge in [-0.1, -0.05) is 41.9 Å². The van der Waals surface area contributed by atoms with Gasteiger partial charge in [0.25, 0.3) is 0 Å². The van der Waals surface area contributed by atoms with Gasteiger partial charge in [0.2, 0.25) is 5.91 Å². The van der Waals surface area contributed by atoms with Crippen LogP contribution in [-0.4, -0.2) is 5.91 Å². The molecule has 1 atom stereocenters. The van der Waals surface area contributed by atoms with E-state index in [1.807, 2.05) is 43.3 Å². The molecule has 0 aromatic heterocycles. The Hall–Kier alpha value is -2.00. The molecule has 0 fully saturated rings. The molecule has 3 nitrogen and oxygen atoms in total. The van der Waals surface area contributed by atoms with E-state index >= 15 is 0 Å². The van der Waals surface area contributed by atoms with Crippen LogP contribution >= 0.6 is 11.6 Å². The van der Waals surface area contributed by atoms with E-state index in [2.05, 4.69) is 5.32 Å². The van der Waals surface area contributed by atoms with Crippen molar-refractivity contribution in [2.24, 2.45) is 0 Å². The number of carbonyl (C=O) groups excluding carboxylic acids is 1. The normalized spacial score (nSPS) is 11.9. The Labute approximate surface area is 123 Å². The number of carbonyl (C=O) groups is 1. The number of benzene rings is 2. The predicted molar refractivity (Wildman–Crippen MR) is 82.6 cm³/mol. The molecule has 2 aromatic rings. The lowest BCUT2D eigenvalue weighted by molar-refractivity contribution is -0.121. The third-order valence-corrected chi connectivity index (χ3v) is 3.44. The van der Waals surface area contributed by atoms with Crippen LogP contribution in [0.4, 0.5) is 5.69 Å². The standard InChI is InChI=1S/C16H17ClN2O/c1-11(14-4-2-3-5-15(14)17)19-16(20)10-12-6-8-13(18)9-7-12/h2-9,11H,10,18H2,1H3,(H,19,20)/t11-/m0/s1. The Morgan fingerprint density at radius 3 is 2.50 bits per heavy atom. The second-order valence-electron chi connectivity index (χ2n) is 4.73. The summed E-state index contributed by atoms with van der Waals surface area (Å²) in [6, 6.07) is 14.7. The van der Waals surface area contributed by atoms with Crippen LogP contribution in [0, 0.1) is 0 Å². The van der Waals surface area contributed by atoms with Gasteiger partial charge in [0.1, 0.15) is 0 Å². The van der Waals surface area contributed by atoms with E-state index in [9.17, 15) is 4.79 Å². The smallest absolute Gasteiger partial charge is 0.224 e. The Morgan fingerprint density at radius 1 is 1.20 bits per heavy atom. The third-order valence-electron chi connectivity index (χ3n) is 3.09. The van der Waals surface area contributed by atoms with E-state index in [4.69, 9.17) is 17.3 Å². The van der Waals surface area contributed by atoms with Crippen molar-refractivity contribution in [1.29, 1.82) is 0 Å². The van der Waals surface area contributed by atoms with Gasteiger partial charge in [-0.25, -0.2) is 0 Å².